The molecule has 3 nitrogen and oxygen atoms in total. The number of aromatic carboxylic acids is 1. The summed E-state index contributed by atoms with van der Waals surface area (Å²) in [5.74, 6) is -0.874. The van der Waals surface area contributed by atoms with Crippen LogP contribution in [0.3, 0.4) is 0 Å². The highest BCUT2D eigenvalue weighted by atomic mass is 16.4. The summed E-state index contributed by atoms with van der Waals surface area (Å²) in [7, 11) is 0. The molecular weight excluding hydrogens is 202 g/mol. The monoisotopic (exact) mass is 219 g/mol. The highest BCUT2D eigenvalue weighted by molar-refractivity contribution is 5.88. The molecule has 0 radical (unpaired) electrons. The first-order chi connectivity index (χ1) is 7.40. The number of nitrogens with one attached hydrogen (secondary N) is 1. The highest BCUT2D eigenvalue weighted by Gasteiger charge is 2.45. The number of benzene rings is 1. The van der Waals surface area contributed by atoms with Gasteiger partial charge in [-0.15, -0.1) is 0 Å². The third kappa shape index (κ3) is 2.03. The predicted molar refractivity (Wildman–Crippen MR) is 63.9 cm³/mol. The third-order valence-corrected chi connectivity index (χ3v) is 3.32. The number of rotatable bonds is 3. The highest BCUT2D eigenvalue weighted by Crippen LogP contribution is 2.46. The fourth-order valence-electron chi connectivity index (χ4n) is 1.86. The minimum Gasteiger partial charge on any atom is -0.478 e. The second-order valence-electron chi connectivity index (χ2n) is 5.22. The summed E-state index contributed by atoms with van der Waals surface area (Å²) in [6.45, 7) is 6.39. The zero-order chi connectivity index (χ0) is 11.9. The van der Waals surface area contributed by atoms with Crippen molar-refractivity contribution in [2.45, 2.75) is 33.2 Å². The van der Waals surface area contributed by atoms with Crippen LogP contribution in [0.5, 0.6) is 0 Å². The van der Waals surface area contributed by atoms with Crippen LogP contribution in [0.2, 0.25) is 0 Å². The SMILES string of the molecule is Cc1cc(C(=O)O)ccc1NC1CC1(C)C. The Labute approximate surface area is 95.5 Å². The van der Waals surface area contributed by atoms with Crippen molar-refractivity contribution in [2.75, 3.05) is 5.32 Å². The van der Waals surface area contributed by atoms with Gasteiger partial charge in [-0.25, -0.2) is 4.79 Å². The van der Waals surface area contributed by atoms with Crippen molar-refractivity contribution in [3.8, 4) is 0 Å². The van der Waals surface area contributed by atoms with Crippen LogP contribution < -0.4 is 5.32 Å². The molecule has 2 N–H and O–H groups in total. The molecule has 0 amide bonds. The molecule has 16 heavy (non-hydrogen) atoms. The maximum absolute atomic E-state index is 10.8. The Morgan fingerprint density at radius 3 is 2.56 bits per heavy atom. The van der Waals surface area contributed by atoms with Crippen LogP contribution in [0.4, 0.5) is 5.69 Å². The van der Waals surface area contributed by atoms with Crippen LogP contribution in [0.25, 0.3) is 0 Å². The van der Waals surface area contributed by atoms with Crippen LogP contribution in [-0.2, 0) is 0 Å². The maximum atomic E-state index is 10.8. The van der Waals surface area contributed by atoms with E-state index in [1.807, 2.05) is 13.0 Å². The average molecular weight is 219 g/mol. The molecule has 0 aliphatic heterocycles. The van der Waals surface area contributed by atoms with E-state index in [4.69, 9.17) is 5.11 Å². The number of carboxylic acid groups (broad SMARTS) is 1. The molecule has 0 aromatic heterocycles. The van der Waals surface area contributed by atoms with Gasteiger partial charge in [0.15, 0.2) is 0 Å². The topological polar surface area (TPSA) is 49.3 Å². The second kappa shape index (κ2) is 3.51. The molecule has 3 heteroatoms. The lowest BCUT2D eigenvalue weighted by Gasteiger charge is -2.11. The van der Waals surface area contributed by atoms with Gasteiger partial charge in [-0.2, -0.15) is 0 Å². The summed E-state index contributed by atoms with van der Waals surface area (Å²) in [5, 5.41) is 12.3. The first-order valence-corrected chi connectivity index (χ1v) is 5.50. The lowest BCUT2D eigenvalue weighted by atomic mass is 10.1. The Kier molecular flexibility index (Phi) is 2.41. The molecule has 0 spiro atoms. The smallest absolute Gasteiger partial charge is 0.335 e. The van der Waals surface area contributed by atoms with E-state index in [0.29, 0.717) is 17.0 Å². The largest absolute Gasteiger partial charge is 0.478 e. The number of hydrogen-bond donors (Lipinski definition) is 2. The van der Waals surface area contributed by atoms with Gasteiger partial charge in [-0.1, -0.05) is 13.8 Å². The Morgan fingerprint density at radius 1 is 1.50 bits per heavy atom. The van der Waals surface area contributed by atoms with Gasteiger partial charge in [0.05, 0.1) is 5.56 Å². The van der Waals surface area contributed by atoms with Gasteiger partial charge in [0.25, 0.3) is 0 Å². The van der Waals surface area contributed by atoms with Crippen molar-refractivity contribution in [2.24, 2.45) is 5.41 Å². The maximum Gasteiger partial charge on any atom is 0.335 e. The zero-order valence-corrected chi connectivity index (χ0v) is 9.87. The minimum absolute atomic E-state index is 0.345. The van der Waals surface area contributed by atoms with E-state index in [1.165, 1.54) is 6.42 Å². The Bertz CT molecular complexity index is 438. The quantitative estimate of drug-likeness (QED) is 0.821. The second-order valence-corrected chi connectivity index (χ2v) is 5.22. The summed E-state index contributed by atoms with van der Waals surface area (Å²) < 4.78 is 0. The van der Waals surface area contributed by atoms with Crippen LogP contribution in [0.15, 0.2) is 18.2 Å². The molecule has 1 unspecified atom stereocenters. The van der Waals surface area contributed by atoms with Gasteiger partial charge in [0.2, 0.25) is 0 Å². The minimum atomic E-state index is -0.874. The number of hydrogen-bond acceptors (Lipinski definition) is 2. The lowest BCUT2D eigenvalue weighted by Crippen LogP contribution is -2.10. The fourth-order valence-corrected chi connectivity index (χ4v) is 1.86. The van der Waals surface area contributed by atoms with E-state index < -0.39 is 5.97 Å². The molecule has 1 fully saturated rings. The summed E-state index contributed by atoms with van der Waals surface area (Å²) >= 11 is 0. The van der Waals surface area contributed by atoms with Crippen molar-refractivity contribution < 1.29 is 9.90 Å². The third-order valence-electron chi connectivity index (χ3n) is 3.32. The van der Waals surface area contributed by atoms with Gasteiger partial charge >= 0.3 is 5.97 Å². The standard InChI is InChI=1S/C13H17NO2/c1-8-6-9(12(15)16)4-5-10(8)14-11-7-13(11,2)3/h4-6,11,14H,7H2,1-3H3,(H,15,16). The van der Waals surface area contributed by atoms with Crippen molar-refractivity contribution in [3.63, 3.8) is 0 Å². The molecule has 2 rings (SSSR count). The molecule has 1 saturated carbocycles. The average Bonchev–Trinajstić information content (AvgIpc) is 2.77. The van der Waals surface area contributed by atoms with Gasteiger partial charge in [-0.05, 0) is 42.5 Å². The van der Waals surface area contributed by atoms with E-state index in [9.17, 15) is 4.79 Å². The fraction of sp³-hybridized carbons (Fsp3) is 0.462. The molecule has 1 atom stereocenters. The number of carboxylic acids is 1. The van der Waals surface area contributed by atoms with E-state index in [1.54, 1.807) is 12.1 Å². The molecule has 0 saturated heterocycles. The van der Waals surface area contributed by atoms with Crippen LogP contribution in [0.1, 0.15) is 36.2 Å². The summed E-state index contributed by atoms with van der Waals surface area (Å²) in [5.41, 5.74) is 2.75. The van der Waals surface area contributed by atoms with Gasteiger partial charge in [0.1, 0.15) is 0 Å². The van der Waals surface area contributed by atoms with E-state index in [0.717, 1.165) is 11.3 Å². The predicted octanol–water partition coefficient (Wildman–Crippen LogP) is 2.90. The van der Waals surface area contributed by atoms with E-state index in [2.05, 4.69) is 19.2 Å². The zero-order valence-electron chi connectivity index (χ0n) is 9.87. The Hall–Kier alpha value is -1.51. The van der Waals surface area contributed by atoms with Crippen LogP contribution >= 0.6 is 0 Å². The number of carbonyl (C=O) groups is 1. The molecule has 1 aromatic rings. The number of anilines is 1. The van der Waals surface area contributed by atoms with Crippen LogP contribution in [0, 0.1) is 12.3 Å². The van der Waals surface area contributed by atoms with Crippen molar-refractivity contribution in [1.29, 1.82) is 0 Å². The first-order valence-electron chi connectivity index (χ1n) is 5.50. The molecule has 86 valence electrons. The van der Waals surface area contributed by atoms with Gasteiger partial charge in [0, 0.05) is 11.7 Å². The molecule has 1 aliphatic rings. The van der Waals surface area contributed by atoms with Crippen molar-refractivity contribution >= 4 is 11.7 Å². The Balaban J connectivity index is 2.14. The lowest BCUT2D eigenvalue weighted by molar-refractivity contribution is 0.0697. The normalized spacial score (nSPS) is 21.6. The summed E-state index contributed by atoms with van der Waals surface area (Å²) in [6, 6.07) is 5.72. The Morgan fingerprint density at radius 2 is 2.12 bits per heavy atom. The van der Waals surface area contributed by atoms with Crippen molar-refractivity contribution in [1.82, 2.24) is 0 Å². The first kappa shape index (κ1) is 11.0. The number of aryl methyl sites for hydroxylation is 1. The molecule has 0 bridgehead atoms. The van der Waals surface area contributed by atoms with Gasteiger partial charge in [-0.3, -0.25) is 0 Å². The van der Waals surface area contributed by atoms with Crippen LogP contribution in [-0.4, -0.2) is 17.1 Å². The van der Waals surface area contributed by atoms with Crippen molar-refractivity contribution in [3.05, 3.63) is 29.3 Å². The van der Waals surface area contributed by atoms with E-state index >= 15 is 0 Å². The van der Waals surface area contributed by atoms with E-state index in [-0.39, 0.29) is 0 Å². The molecular formula is C13H17NO2. The summed E-state index contributed by atoms with van der Waals surface area (Å²) in [4.78, 5) is 10.8. The molecule has 1 aromatic carbocycles. The summed E-state index contributed by atoms with van der Waals surface area (Å²) in [6.07, 6.45) is 1.17. The molecule has 0 heterocycles. The van der Waals surface area contributed by atoms with Gasteiger partial charge < -0.3 is 10.4 Å². The molecule has 1 aliphatic carbocycles.